The van der Waals surface area contributed by atoms with Crippen LogP contribution >= 0.6 is 0 Å². The van der Waals surface area contributed by atoms with E-state index in [0.29, 0.717) is 0 Å². The summed E-state index contributed by atoms with van der Waals surface area (Å²) in [7, 11) is 0. The van der Waals surface area contributed by atoms with Crippen LogP contribution < -0.4 is 5.32 Å². The molecule has 98 valence electrons. The Hall–Kier alpha value is -1.90. The molecule has 0 radical (unpaired) electrons. The Bertz CT molecular complexity index is 632. The molecule has 0 saturated carbocycles. The van der Waals surface area contributed by atoms with Gasteiger partial charge in [0.05, 0.1) is 0 Å². The monoisotopic (exact) mass is 253 g/mol. The van der Waals surface area contributed by atoms with Crippen LogP contribution in [0.5, 0.6) is 0 Å². The molecule has 0 spiro atoms. The molecule has 19 heavy (non-hydrogen) atoms. The summed E-state index contributed by atoms with van der Waals surface area (Å²) in [5.41, 5.74) is 6.24. The third-order valence-electron chi connectivity index (χ3n) is 3.81. The first-order valence-corrected chi connectivity index (χ1v) is 6.84. The molecule has 1 aromatic carbocycles. The largest absolute Gasteiger partial charge is 0.340 e. The van der Waals surface area contributed by atoms with Crippen LogP contribution in [-0.4, -0.2) is 9.97 Å². The number of nitrogens with one attached hydrogen (secondary N) is 1. The summed E-state index contributed by atoms with van der Waals surface area (Å²) in [6.45, 7) is 6.23. The van der Waals surface area contributed by atoms with Gasteiger partial charge in [-0.15, -0.1) is 0 Å². The van der Waals surface area contributed by atoms with Crippen LogP contribution in [0.15, 0.2) is 18.2 Å². The highest BCUT2D eigenvalue weighted by atomic mass is 15.0. The van der Waals surface area contributed by atoms with Crippen LogP contribution in [0.2, 0.25) is 0 Å². The van der Waals surface area contributed by atoms with E-state index < -0.39 is 0 Å². The van der Waals surface area contributed by atoms with E-state index in [-0.39, 0.29) is 0 Å². The van der Waals surface area contributed by atoms with Gasteiger partial charge in [-0.3, -0.25) is 0 Å². The minimum Gasteiger partial charge on any atom is -0.340 e. The maximum atomic E-state index is 4.57. The first kappa shape index (κ1) is 12.2. The fourth-order valence-electron chi connectivity index (χ4n) is 2.62. The summed E-state index contributed by atoms with van der Waals surface area (Å²) in [5, 5.41) is 3.46. The molecule has 0 aliphatic heterocycles. The lowest BCUT2D eigenvalue weighted by molar-refractivity contribution is 0.895. The van der Waals surface area contributed by atoms with E-state index in [9.17, 15) is 0 Å². The first-order valence-electron chi connectivity index (χ1n) is 6.84. The topological polar surface area (TPSA) is 37.8 Å². The number of anilines is 2. The number of fused-ring (bicyclic) bond motifs is 1. The Morgan fingerprint density at radius 2 is 1.84 bits per heavy atom. The number of aryl methyl sites for hydroxylation is 4. The van der Waals surface area contributed by atoms with Crippen LogP contribution in [-0.2, 0) is 12.8 Å². The van der Waals surface area contributed by atoms with E-state index in [1.165, 1.54) is 28.8 Å². The predicted octanol–water partition coefficient (Wildman–Crippen LogP) is 3.63. The van der Waals surface area contributed by atoms with Gasteiger partial charge in [-0.2, -0.15) is 0 Å². The van der Waals surface area contributed by atoms with E-state index in [4.69, 9.17) is 0 Å². The van der Waals surface area contributed by atoms with Crippen molar-refractivity contribution < 1.29 is 0 Å². The van der Waals surface area contributed by atoms with Crippen LogP contribution in [0.4, 0.5) is 11.5 Å². The number of hydrogen-bond donors (Lipinski definition) is 1. The molecule has 2 aromatic rings. The molecule has 3 rings (SSSR count). The number of aromatic nitrogens is 2. The second-order valence-electron chi connectivity index (χ2n) is 5.32. The average Bonchev–Trinajstić information content (AvgIpc) is 2.82. The standard InChI is InChI=1S/C16H19N3/c1-10-7-8-13(9-11(10)2)19-16-14-5-4-6-15(14)17-12(3)18-16/h7-9H,4-6H2,1-3H3,(H,17,18,19). The quantitative estimate of drug-likeness (QED) is 0.888. The van der Waals surface area contributed by atoms with Crippen molar-refractivity contribution in [2.24, 2.45) is 0 Å². The highest BCUT2D eigenvalue weighted by Crippen LogP contribution is 2.28. The van der Waals surface area contributed by atoms with Crippen LogP contribution in [0.25, 0.3) is 0 Å². The molecule has 1 aromatic heterocycles. The molecule has 0 atom stereocenters. The lowest BCUT2D eigenvalue weighted by Gasteiger charge is -2.12. The Morgan fingerprint density at radius 1 is 1.00 bits per heavy atom. The summed E-state index contributed by atoms with van der Waals surface area (Å²) in [5.74, 6) is 1.84. The number of rotatable bonds is 2. The van der Waals surface area contributed by atoms with Crippen molar-refractivity contribution in [2.45, 2.75) is 40.0 Å². The van der Waals surface area contributed by atoms with E-state index in [1.54, 1.807) is 0 Å². The van der Waals surface area contributed by atoms with Gasteiger partial charge in [-0.25, -0.2) is 9.97 Å². The number of hydrogen-bond acceptors (Lipinski definition) is 3. The minimum atomic E-state index is 0.854. The summed E-state index contributed by atoms with van der Waals surface area (Å²) < 4.78 is 0. The molecule has 1 N–H and O–H groups in total. The number of nitrogens with zero attached hydrogens (tertiary/aromatic N) is 2. The molecule has 0 unspecified atom stereocenters. The lowest BCUT2D eigenvalue weighted by Crippen LogP contribution is -2.03. The van der Waals surface area contributed by atoms with Crippen molar-refractivity contribution in [3.05, 3.63) is 46.4 Å². The molecular weight excluding hydrogens is 234 g/mol. The van der Waals surface area contributed by atoms with Gasteiger partial charge >= 0.3 is 0 Å². The first-order chi connectivity index (χ1) is 9.13. The second kappa shape index (κ2) is 4.65. The van der Waals surface area contributed by atoms with Crippen molar-refractivity contribution >= 4 is 11.5 Å². The van der Waals surface area contributed by atoms with E-state index in [0.717, 1.165) is 30.2 Å². The zero-order chi connectivity index (χ0) is 13.4. The van der Waals surface area contributed by atoms with Gasteiger partial charge in [0.2, 0.25) is 0 Å². The Labute approximate surface area is 114 Å². The second-order valence-corrected chi connectivity index (χ2v) is 5.32. The van der Waals surface area contributed by atoms with Crippen molar-refractivity contribution in [1.29, 1.82) is 0 Å². The highest BCUT2D eigenvalue weighted by molar-refractivity contribution is 5.62. The van der Waals surface area contributed by atoms with E-state index in [1.807, 2.05) is 6.92 Å². The van der Waals surface area contributed by atoms with Crippen LogP contribution in [0.1, 0.15) is 34.6 Å². The molecule has 3 nitrogen and oxygen atoms in total. The molecule has 1 aliphatic rings. The Balaban J connectivity index is 1.97. The van der Waals surface area contributed by atoms with Gasteiger partial charge < -0.3 is 5.32 Å². The van der Waals surface area contributed by atoms with Gasteiger partial charge in [-0.1, -0.05) is 6.07 Å². The zero-order valence-electron chi connectivity index (χ0n) is 11.7. The van der Waals surface area contributed by atoms with Crippen molar-refractivity contribution in [3.63, 3.8) is 0 Å². The normalized spacial score (nSPS) is 13.4. The summed E-state index contributed by atoms with van der Waals surface area (Å²) >= 11 is 0. The van der Waals surface area contributed by atoms with E-state index in [2.05, 4.69) is 47.3 Å². The maximum absolute atomic E-state index is 4.57. The van der Waals surface area contributed by atoms with Gasteiger partial charge in [-0.05, 0) is 63.3 Å². The summed E-state index contributed by atoms with van der Waals surface area (Å²) in [6.07, 6.45) is 3.36. The summed E-state index contributed by atoms with van der Waals surface area (Å²) in [6, 6.07) is 6.43. The molecule has 0 bridgehead atoms. The van der Waals surface area contributed by atoms with Gasteiger partial charge in [0.15, 0.2) is 0 Å². The van der Waals surface area contributed by atoms with Crippen molar-refractivity contribution in [2.75, 3.05) is 5.32 Å². The molecule has 1 aliphatic carbocycles. The smallest absolute Gasteiger partial charge is 0.137 e. The van der Waals surface area contributed by atoms with Gasteiger partial charge in [0, 0.05) is 16.9 Å². The molecule has 0 saturated heterocycles. The van der Waals surface area contributed by atoms with Crippen LogP contribution in [0, 0.1) is 20.8 Å². The van der Waals surface area contributed by atoms with E-state index >= 15 is 0 Å². The Morgan fingerprint density at radius 3 is 2.63 bits per heavy atom. The molecule has 1 heterocycles. The third kappa shape index (κ3) is 2.33. The lowest BCUT2D eigenvalue weighted by atomic mass is 10.1. The predicted molar refractivity (Wildman–Crippen MR) is 78.0 cm³/mol. The van der Waals surface area contributed by atoms with Gasteiger partial charge in [0.1, 0.15) is 11.6 Å². The average molecular weight is 253 g/mol. The van der Waals surface area contributed by atoms with Crippen molar-refractivity contribution in [3.8, 4) is 0 Å². The zero-order valence-corrected chi connectivity index (χ0v) is 11.7. The third-order valence-corrected chi connectivity index (χ3v) is 3.81. The fourth-order valence-corrected chi connectivity index (χ4v) is 2.62. The maximum Gasteiger partial charge on any atom is 0.137 e. The number of benzene rings is 1. The molecule has 0 fully saturated rings. The minimum absolute atomic E-state index is 0.854. The van der Waals surface area contributed by atoms with Gasteiger partial charge in [0.25, 0.3) is 0 Å². The SMILES string of the molecule is Cc1nc2c(c(Nc3ccc(C)c(C)c3)n1)CCC2. The molecule has 0 amide bonds. The summed E-state index contributed by atoms with van der Waals surface area (Å²) in [4.78, 5) is 9.11. The molecular formula is C16H19N3. The Kier molecular flexibility index (Phi) is 2.97. The van der Waals surface area contributed by atoms with Crippen molar-refractivity contribution in [1.82, 2.24) is 9.97 Å². The fraction of sp³-hybridized carbons (Fsp3) is 0.375. The molecule has 3 heteroatoms. The van der Waals surface area contributed by atoms with Crippen LogP contribution in [0.3, 0.4) is 0 Å². The highest BCUT2D eigenvalue weighted by Gasteiger charge is 2.18.